The molecule has 1 atom stereocenters. The summed E-state index contributed by atoms with van der Waals surface area (Å²) in [6.45, 7) is 0. The highest BCUT2D eigenvalue weighted by atomic mass is 32.2. The number of nitrogens with zero attached hydrogens (tertiary/aromatic N) is 1. The summed E-state index contributed by atoms with van der Waals surface area (Å²) in [5, 5.41) is 0. The molecule has 1 heterocycles. The molecule has 0 bridgehead atoms. The van der Waals surface area contributed by atoms with Crippen LogP contribution in [0.1, 0.15) is 31.5 Å². The number of nitrogens with one attached hydrogen (secondary N) is 1. The molecule has 3 rings (SSSR count). The van der Waals surface area contributed by atoms with Crippen molar-refractivity contribution in [2.45, 2.75) is 32.1 Å². The largest absolute Gasteiger partial charge is 0.399 e. The summed E-state index contributed by atoms with van der Waals surface area (Å²) in [6, 6.07) is 5.66. The van der Waals surface area contributed by atoms with E-state index in [9.17, 15) is 4.21 Å². The van der Waals surface area contributed by atoms with E-state index in [0.717, 1.165) is 34.7 Å². The Hall–Kier alpha value is -1.36. The van der Waals surface area contributed by atoms with Crippen LogP contribution in [0.5, 0.6) is 0 Å². The van der Waals surface area contributed by atoms with E-state index in [2.05, 4.69) is 9.97 Å². The number of imidazole rings is 1. The number of nitrogen functional groups attached to an aromatic ring is 1. The number of nitrogens with two attached hydrogens (primary N) is 1. The van der Waals surface area contributed by atoms with Crippen molar-refractivity contribution in [1.82, 2.24) is 9.97 Å². The van der Waals surface area contributed by atoms with Crippen LogP contribution < -0.4 is 5.73 Å². The summed E-state index contributed by atoms with van der Waals surface area (Å²) in [6.07, 6.45) is 5.89. The molecule has 2 aromatic rings. The number of H-pyrrole nitrogens is 1. The number of benzene rings is 1. The van der Waals surface area contributed by atoms with Crippen LogP contribution >= 0.6 is 0 Å². The molecular formula is C15H21N3OS. The summed E-state index contributed by atoms with van der Waals surface area (Å²) in [4.78, 5) is 7.77. The molecule has 3 N–H and O–H groups in total. The van der Waals surface area contributed by atoms with Crippen molar-refractivity contribution in [1.29, 1.82) is 0 Å². The number of rotatable bonds is 5. The third-order valence-electron chi connectivity index (χ3n) is 4.02. The number of aromatic amines is 1. The van der Waals surface area contributed by atoms with Crippen LogP contribution in [0.4, 0.5) is 5.69 Å². The monoisotopic (exact) mass is 291 g/mol. The SMILES string of the molecule is Nc1ccc2nc(CCS(=O)CC3CCCC3)[nH]c2c1. The minimum atomic E-state index is -0.721. The maximum absolute atomic E-state index is 12.1. The molecule has 1 fully saturated rings. The second-order valence-corrected chi connectivity index (χ2v) is 7.29. The lowest BCUT2D eigenvalue weighted by Gasteiger charge is -2.07. The first-order chi connectivity index (χ1) is 9.70. The van der Waals surface area contributed by atoms with Crippen LogP contribution in [0.15, 0.2) is 18.2 Å². The van der Waals surface area contributed by atoms with Gasteiger partial charge in [-0.05, 0) is 37.0 Å². The molecule has 1 aromatic carbocycles. The second kappa shape index (κ2) is 5.95. The molecule has 0 aliphatic heterocycles. The minimum Gasteiger partial charge on any atom is -0.399 e. The summed E-state index contributed by atoms with van der Waals surface area (Å²) in [5.41, 5.74) is 8.37. The fraction of sp³-hybridized carbons (Fsp3) is 0.533. The van der Waals surface area contributed by atoms with Gasteiger partial charge in [-0.1, -0.05) is 12.8 Å². The van der Waals surface area contributed by atoms with Gasteiger partial charge in [-0.2, -0.15) is 0 Å². The van der Waals surface area contributed by atoms with E-state index in [4.69, 9.17) is 5.73 Å². The van der Waals surface area contributed by atoms with Gasteiger partial charge < -0.3 is 10.7 Å². The van der Waals surface area contributed by atoms with Crippen molar-refractivity contribution in [2.75, 3.05) is 17.2 Å². The number of anilines is 1. The van der Waals surface area contributed by atoms with Crippen molar-refractivity contribution in [3.8, 4) is 0 Å². The number of aromatic nitrogens is 2. The highest BCUT2D eigenvalue weighted by Gasteiger charge is 2.17. The zero-order chi connectivity index (χ0) is 13.9. The van der Waals surface area contributed by atoms with E-state index in [-0.39, 0.29) is 0 Å². The van der Waals surface area contributed by atoms with Crippen LogP contribution in [0, 0.1) is 5.92 Å². The second-order valence-electron chi connectivity index (χ2n) is 5.67. The average molecular weight is 291 g/mol. The Morgan fingerprint density at radius 3 is 2.95 bits per heavy atom. The Balaban J connectivity index is 1.57. The normalized spacial score (nSPS) is 17.8. The van der Waals surface area contributed by atoms with Crippen LogP contribution in [-0.4, -0.2) is 25.7 Å². The molecule has 5 heteroatoms. The van der Waals surface area contributed by atoms with E-state index in [1.54, 1.807) is 0 Å². The van der Waals surface area contributed by atoms with Gasteiger partial charge in [0.15, 0.2) is 0 Å². The highest BCUT2D eigenvalue weighted by molar-refractivity contribution is 7.84. The number of hydrogen-bond donors (Lipinski definition) is 2. The lowest BCUT2D eigenvalue weighted by atomic mass is 10.1. The number of fused-ring (bicyclic) bond motifs is 1. The Morgan fingerprint density at radius 1 is 1.35 bits per heavy atom. The molecule has 20 heavy (non-hydrogen) atoms. The number of hydrogen-bond acceptors (Lipinski definition) is 3. The van der Waals surface area contributed by atoms with Gasteiger partial charge in [-0.15, -0.1) is 0 Å². The van der Waals surface area contributed by atoms with Crippen molar-refractivity contribution < 1.29 is 4.21 Å². The van der Waals surface area contributed by atoms with Crippen LogP contribution in [0.3, 0.4) is 0 Å². The molecule has 4 nitrogen and oxygen atoms in total. The van der Waals surface area contributed by atoms with E-state index >= 15 is 0 Å². The van der Waals surface area contributed by atoms with Gasteiger partial charge in [0.05, 0.1) is 11.0 Å². The maximum Gasteiger partial charge on any atom is 0.108 e. The zero-order valence-corrected chi connectivity index (χ0v) is 12.4. The van der Waals surface area contributed by atoms with Crippen molar-refractivity contribution in [3.05, 3.63) is 24.0 Å². The standard InChI is InChI=1S/C15H21N3OS/c16-12-5-6-13-14(9-12)18-15(17-13)7-8-20(19)10-11-3-1-2-4-11/h5-6,9,11H,1-4,7-8,10,16H2,(H,17,18). The molecule has 1 aliphatic carbocycles. The Kier molecular flexibility index (Phi) is 4.05. The van der Waals surface area contributed by atoms with E-state index in [1.807, 2.05) is 18.2 Å². The first kappa shape index (κ1) is 13.6. The van der Waals surface area contributed by atoms with E-state index < -0.39 is 10.8 Å². The zero-order valence-electron chi connectivity index (χ0n) is 11.6. The van der Waals surface area contributed by atoms with Crippen LogP contribution in [-0.2, 0) is 17.2 Å². The lowest BCUT2D eigenvalue weighted by Crippen LogP contribution is -2.12. The molecule has 0 spiro atoms. The fourth-order valence-electron chi connectivity index (χ4n) is 2.93. The molecular weight excluding hydrogens is 270 g/mol. The lowest BCUT2D eigenvalue weighted by molar-refractivity contribution is 0.604. The smallest absolute Gasteiger partial charge is 0.108 e. The summed E-state index contributed by atoms with van der Waals surface area (Å²) >= 11 is 0. The predicted molar refractivity (Wildman–Crippen MR) is 84.0 cm³/mol. The van der Waals surface area contributed by atoms with E-state index in [0.29, 0.717) is 11.7 Å². The molecule has 1 aromatic heterocycles. The molecule has 1 unspecified atom stereocenters. The topological polar surface area (TPSA) is 71.8 Å². The van der Waals surface area contributed by atoms with Gasteiger partial charge in [-0.3, -0.25) is 4.21 Å². The van der Waals surface area contributed by atoms with Crippen LogP contribution in [0.25, 0.3) is 11.0 Å². The molecule has 0 amide bonds. The Bertz CT molecular complexity index is 617. The van der Waals surface area contributed by atoms with Gasteiger partial charge in [0.2, 0.25) is 0 Å². The molecule has 108 valence electrons. The Labute approximate surface area is 121 Å². The summed E-state index contributed by atoms with van der Waals surface area (Å²) < 4.78 is 12.1. The summed E-state index contributed by atoms with van der Waals surface area (Å²) in [7, 11) is -0.721. The van der Waals surface area contributed by atoms with Gasteiger partial charge in [0, 0.05) is 34.4 Å². The third kappa shape index (κ3) is 3.20. The molecule has 1 saturated carbocycles. The Morgan fingerprint density at radius 2 is 2.15 bits per heavy atom. The molecule has 0 radical (unpaired) electrons. The number of aryl methyl sites for hydroxylation is 1. The quantitative estimate of drug-likeness (QED) is 0.832. The van der Waals surface area contributed by atoms with Crippen LogP contribution in [0.2, 0.25) is 0 Å². The highest BCUT2D eigenvalue weighted by Crippen LogP contribution is 2.25. The first-order valence-electron chi connectivity index (χ1n) is 7.30. The van der Waals surface area contributed by atoms with E-state index in [1.165, 1.54) is 25.7 Å². The first-order valence-corrected chi connectivity index (χ1v) is 8.78. The van der Waals surface area contributed by atoms with Crippen molar-refractivity contribution in [2.24, 2.45) is 5.92 Å². The van der Waals surface area contributed by atoms with Gasteiger partial charge >= 0.3 is 0 Å². The predicted octanol–water partition coefficient (Wildman–Crippen LogP) is 2.63. The van der Waals surface area contributed by atoms with Gasteiger partial charge in [0.25, 0.3) is 0 Å². The minimum absolute atomic E-state index is 0.686. The third-order valence-corrected chi connectivity index (χ3v) is 5.52. The van der Waals surface area contributed by atoms with Gasteiger partial charge in [0.1, 0.15) is 5.82 Å². The maximum atomic E-state index is 12.1. The molecule has 0 saturated heterocycles. The average Bonchev–Trinajstić information content (AvgIpc) is 3.04. The van der Waals surface area contributed by atoms with Crippen molar-refractivity contribution in [3.63, 3.8) is 0 Å². The fourth-order valence-corrected chi connectivity index (χ4v) is 4.38. The molecule has 1 aliphatic rings. The van der Waals surface area contributed by atoms with Gasteiger partial charge in [-0.25, -0.2) is 4.98 Å². The van der Waals surface area contributed by atoms with Crippen molar-refractivity contribution >= 4 is 27.5 Å². The summed E-state index contributed by atoms with van der Waals surface area (Å²) in [5.74, 6) is 3.16.